The van der Waals surface area contributed by atoms with Gasteiger partial charge in [0.15, 0.2) is 0 Å². The largest absolute Gasteiger partial charge is 0.497 e. The molecule has 0 aromatic heterocycles. The molecule has 1 N–H and O–H groups in total. The minimum atomic E-state index is -1.23. The van der Waals surface area contributed by atoms with Crippen molar-refractivity contribution in [1.29, 1.82) is 0 Å². The van der Waals surface area contributed by atoms with E-state index in [-0.39, 0.29) is 0 Å². The summed E-state index contributed by atoms with van der Waals surface area (Å²) in [6, 6.07) is 53.4. The second-order valence-electron chi connectivity index (χ2n) is 12.7. The van der Waals surface area contributed by atoms with Gasteiger partial charge in [0.05, 0.1) is 39.3 Å². The Morgan fingerprint density at radius 3 is 0.804 bits per heavy atom. The van der Waals surface area contributed by atoms with Gasteiger partial charge in [-0.25, -0.2) is 0 Å². The molecule has 0 fully saturated rings. The summed E-state index contributed by atoms with van der Waals surface area (Å²) in [6.07, 6.45) is 0. The minimum Gasteiger partial charge on any atom is -0.497 e. The zero-order valence-corrected chi connectivity index (χ0v) is 30.5. The van der Waals surface area contributed by atoms with Crippen LogP contribution in [0, 0.1) is 5.41 Å². The molecule has 6 rings (SSSR count). The highest BCUT2D eigenvalue weighted by atomic mass is 32.1. The highest BCUT2D eigenvalue weighted by Gasteiger charge is 2.66. The van der Waals surface area contributed by atoms with E-state index < -0.39 is 21.7 Å². The number of hydrogen-bond acceptors (Lipinski definition) is 6. The van der Waals surface area contributed by atoms with Gasteiger partial charge in [-0.1, -0.05) is 116 Å². The number of aliphatic hydroxyl groups excluding tert-OH is 1. The van der Waals surface area contributed by atoms with Crippen molar-refractivity contribution < 1.29 is 24.1 Å². The van der Waals surface area contributed by atoms with Gasteiger partial charge < -0.3 is 24.1 Å². The van der Waals surface area contributed by atoms with Gasteiger partial charge in [0.2, 0.25) is 0 Å². The van der Waals surface area contributed by atoms with Crippen LogP contribution < -0.4 is 18.9 Å². The normalized spacial score (nSPS) is 12.5. The lowest BCUT2D eigenvalue weighted by Crippen LogP contribution is -2.63. The third-order valence-corrected chi connectivity index (χ3v) is 11.1. The molecule has 0 saturated carbocycles. The molecule has 1 unspecified atom stereocenters. The fourth-order valence-electron chi connectivity index (χ4n) is 8.21. The van der Waals surface area contributed by atoms with Crippen LogP contribution in [-0.2, 0) is 10.8 Å². The number of hydrogen-bond donors (Lipinski definition) is 2. The maximum atomic E-state index is 12.9. The molecule has 0 aliphatic carbocycles. The Morgan fingerprint density at radius 1 is 0.392 bits per heavy atom. The molecule has 0 aliphatic heterocycles. The molecule has 0 saturated heterocycles. The monoisotopic (exact) mass is 696 g/mol. The highest BCUT2D eigenvalue weighted by molar-refractivity contribution is 7.80. The van der Waals surface area contributed by atoms with Crippen LogP contribution >= 0.6 is 12.6 Å². The number of rotatable bonds is 13. The lowest BCUT2D eigenvalue weighted by Gasteiger charge is -2.61. The first kappa shape index (κ1) is 35.6. The predicted molar refractivity (Wildman–Crippen MR) is 208 cm³/mol. The fourth-order valence-corrected chi connectivity index (χ4v) is 8.60. The zero-order valence-electron chi connectivity index (χ0n) is 29.6. The number of thiol groups is 1. The molecule has 6 aromatic carbocycles. The average molecular weight is 697 g/mol. The van der Waals surface area contributed by atoms with E-state index in [0.29, 0.717) is 0 Å². The van der Waals surface area contributed by atoms with Crippen LogP contribution in [0.2, 0.25) is 0 Å². The summed E-state index contributed by atoms with van der Waals surface area (Å²) in [4.78, 5) is 0. The SMILES string of the molecule is COc1ccc(C(c2ccccc2)(c2ccc(OC)cc2)C(C)(C(O)S)C(c2ccccc2)(c2ccc(OC)cc2)c2ccc(OC)cc2)cc1. The van der Waals surface area contributed by atoms with E-state index in [9.17, 15) is 5.11 Å². The molecule has 260 valence electrons. The Balaban J connectivity index is 1.91. The van der Waals surface area contributed by atoms with Crippen molar-refractivity contribution in [3.8, 4) is 23.0 Å². The molecule has 0 heterocycles. The number of ether oxygens (including phenoxy) is 4. The topological polar surface area (TPSA) is 57.2 Å². The molecule has 5 nitrogen and oxygen atoms in total. The average Bonchev–Trinajstić information content (AvgIpc) is 3.20. The van der Waals surface area contributed by atoms with Crippen molar-refractivity contribution in [1.82, 2.24) is 0 Å². The van der Waals surface area contributed by atoms with Gasteiger partial charge in [-0.05, 0) is 81.9 Å². The Morgan fingerprint density at radius 2 is 0.608 bits per heavy atom. The van der Waals surface area contributed by atoms with E-state index in [4.69, 9.17) is 31.6 Å². The van der Waals surface area contributed by atoms with Gasteiger partial charge in [0.25, 0.3) is 0 Å². The lowest BCUT2D eigenvalue weighted by molar-refractivity contribution is 0.0189. The first-order chi connectivity index (χ1) is 24.8. The first-order valence-electron chi connectivity index (χ1n) is 16.9. The van der Waals surface area contributed by atoms with Crippen molar-refractivity contribution in [3.05, 3.63) is 191 Å². The molecule has 51 heavy (non-hydrogen) atoms. The molecule has 6 heteroatoms. The van der Waals surface area contributed by atoms with Gasteiger partial charge in [-0.15, -0.1) is 12.6 Å². The van der Waals surface area contributed by atoms with Crippen molar-refractivity contribution in [2.24, 2.45) is 5.41 Å². The second kappa shape index (κ2) is 15.0. The molecule has 0 radical (unpaired) electrons. The van der Waals surface area contributed by atoms with Crippen LogP contribution in [-0.4, -0.2) is 39.0 Å². The van der Waals surface area contributed by atoms with Crippen molar-refractivity contribution in [2.75, 3.05) is 28.4 Å². The van der Waals surface area contributed by atoms with Crippen LogP contribution in [0.5, 0.6) is 23.0 Å². The van der Waals surface area contributed by atoms with E-state index in [1.54, 1.807) is 28.4 Å². The molecule has 6 aromatic rings. The summed E-state index contributed by atoms with van der Waals surface area (Å²) >= 11 is 5.18. The van der Waals surface area contributed by atoms with Crippen molar-refractivity contribution in [2.45, 2.75) is 23.2 Å². The molecular weight excluding hydrogens is 653 g/mol. The maximum Gasteiger partial charge on any atom is 0.118 e. The Kier molecular flexibility index (Phi) is 10.5. The second-order valence-corrected chi connectivity index (χ2v) is 13.2. The van der Waals surface area contributed by atoms with Gasteiger partial charge in [0, 0.05) is 5.41 Å². The van der Waals surface area contributed by atoms with Crippen LogP contribution in [0.4, 0.5) is 0 Å². The smallest absolute Gasteiger partial charge is 0.118 e. The van der Waals surface area contributed by atoms with Crippen LogP contribution in [0.25, 0.3) is 0 Å². The summed E-state index contributed by atoms with van der Waals surface area (Å²) in [6.45, 7) is 2.16. The van der Waals surface area contributed by atoms with E-state index in [2.05, 4.69) is 79.7 Å². The van der Waals surface area contributed by atoms with Crippen molar-refractivity contribution >= 4 is 12.6 Å². The van der Waals surface area contributed by atoms with E-state index in [0.717, 1.165) is 56.4 Å². The Hall–Kier alpha value is -5.17. The fraction of sp³-hybridized carbons (Fsp3) is 0.200. The Labute approximate surface area is 306 Å². The van der Waals surface area contributed by atoms with E-state index in [1.165, 1.54) is 0 Å². The molecule has 0 aliphatic rings. The molecule has 0 spiro atoms. The van der Waals surface area contributed by atoms with Gasteiger partial charge in [-0.3, -0.25) is 0 Å². The standard InChI is InChI=1S/C45H44O5S/c1-43(42(46)51,44(32-12-8-6-9-13-32,34-16-24-38(47-2)25-17-34)35-18-26-39(48-3)27-19-35)45(33-14-10-7-11-15-33,36-20-28-40(49-4)29-21-36)37-22-30-41(50-5)31-23-37/h6-31,42,46,51H,1-5H3. The number of aliphatic hydroxyl groups is 1. The quantitative estimate of drug-likeness (QED) is 0.0716. The molecule has 0 amide bonds. The van der Waals surface area contributed by atoms with Crippen LogP contribution in [0.1, 0.15) is 40.3 Å². The van der Waals surface area contributed by atoms with Crippen molar-refractivity contribution in [3.63, 3.8) is 0 Å². The lowest BCUT2D eigenvalue weighted by atomic mass is 9.41. The summed E-state index contributed by atoms with van der Waals surface area (Å²) in [5.41, 5.74) is 1.10. The predicted octanol–water partition coefficient (Wildman–Crippen LogP) is 9.34. The summed E-state index contributed by atoms with van der Waals surface area (Å²) < 4.78 is 22.7. The number of benzene rings is 6. The zero-order chi connectivity index (χ0) is 36.1. The van der Waals surface area contributed by atoms with Gasteiger partial charge in [-0.2, -0.15) is 0 Å². The first-order valence-corrected chi connectivity index (χ1v) is 17.4. The minimum absolute atomic E-state index is 0.725. The number of methoxy groups -OCH3 is 4. The maximum absolute atomic E-state index is 12.9. The molecular formula is C45H44O5S. The van der Waals surface area contributed by atoms with E-state index >= 15 is 0 Å². The third kappa shape index (κ3) is 5.82. The highest BCUT2D eigenvalue weighted by Crippen LogP contribution is 2.67. The van der Waals surface area contributed by atoms with E-state index in [1.807, 2.05) is 84.9 Å². The summed E-state index contributed by atoms with van der Waals surface area (Å²) in [5, 5.41) is 12.9. The summed E-state index contributed by atoms with van der Waals surface area (Å²) in [7, 11) is 6.66. The summed E-state index contributed by atoms with van der Waals surface area (Å²) in [5.74, 6) is 2.90. The Bertz CT molecular complexity index is 1750. The van der Waals surface area contributed by atoms with Crippen LogP contribution in [0.3, 0.4) is 0 Å². The molecule has 0 bridgehead atoms. The molecule has 1 atom stereocenters. The van der Waals surface area contributed by atoms with Crippen LogP contribution in [0.15, 0.2) is 158 Å². The van der Waals surface area contributed by atoms with Gasteiger partial charge >= 0.3 is 0 Å². The van der Waals surface area contributed by atoms with Gasteiger partial charge in [0.1, 0.15) is 28.4 Å². The third-order valence-electron chi connectivity index (χ3n) is 10.6.